The summed E-state index contributed by atoms with van der Waals surface area (Å²) in [6.07, 6.45) is 0.166. The number of halogens is 1. The first-order chi connectivity index (χ1) is 13.5. The van der Waals surface area contributed by atoms with Crippen LogP contribution in [-0.2, 0) is 11.2 Å². The molecular weight excluding hydrogens is 374 g/mol. The van der Waals surface area contributed by atoms with Crippen LogP contribution < -0.4 is 5.32 Å². The fraction of sp³-hybridized carbons (Fsp3) is 0.130. The van der Waals surface area contributed by atoms with E-state index >= 15 is 0 Å². The van der Waals surface area contributed by atoms with Crippen LogP contribution in [-0.4, -0.2) is 11.9 Å². The number of carbonyl (C=O) groups excluding carboxylic acids is 2. The average molecular weight is 392 g/mol. The van der Waals surface area contributed by atoms with E-state index in [9.17, 15) is 9.59 Å². The summed E-state index contributed by atoms with van der Waals surface area (Å²) in [5.74, 6) is -0.647. The summed E-state index contributed by atoms with van der Waals surface area (Å²) in [4.78, 5) is 25.0. The molecule has 1 amide bonds. The van der Waals surface area contributed by atoms with E-state index in [1.807, 2.05) is 31.2 Å². The zero-order chi connectivity index (χ0) is 19.7. The third kappa shape index (κ3) is 3.64. The molecule has 3 aromatic rings. The first kappa shape index (κ1) is 18.3. The van der Waals surface area contributed by atoms with E-state index in [-0.39, 0.29) is 18.0 Å². The highest BCUT2D eigenvalue weighted by atomic mass is 35.5. The number of carbonyl (C=O) groups is 2. The molecule has 28 heavy (non-hydrogen) atoms. The lowest BCUT2D eigenvalue weighted by Crippen LogP contribution is -2.23. The highest BCUT2D eigenvalue weighted by molar-refractivity contribution is 6.33. The molecule has 1 aliphatic rings. The zero-order valence-corrected chi connectivity index (χ0v) is 16.0. The van der Waals surface area contributed by atoms with Gasteiger partial charge < -0.3 is 10.1 Å². The molecule has 0 fully saturated rings. The second-order valence-corrected chi connectivity index (χ2v) is 7.22. The monoisotopic (exact) mass is 391 g/mol. The van der Waals surface area contributed by atoms with Crippen LogP contribution in [0.2, 0.25) is 5.02 Å². The Morgan fingerprint density at radius 2 is 1.82 bits per heavy atom. The third-order valence-electron chi connectivity index (χ3n) is 4.81. The van der Waals surface area contributed by atoms with Gasteiger partial charge in [0.05, 0.1) is 16.3 Å². The Bertz CT molecular complexity index is 1060. The molecule has 0 radical (unpaired) electrons. The molecule has 0 saturated carbocycles. The third-order valence-corrected chi connectivity index (χ3v) is 5.14. The molecule has 0 aliphatic carbocycles. The molecule has 0 saturated heterocycles. The standard InChI is InChI=1S/C23H18ClNO3/c1-14-6-8-15(9-7-14)21-13-17-12-16(10-11-18(17)23(27)28-21)22(26)25-20-5-3-2-4-19(20)24/h2-12,21H,13H2,1H3,(H,25,26)/t21-/m1/s1. The van der Waals surface area contributed by atoms with Gasteiger partial charge in [-0.25, -0.2) is 4.79 Å². The SMILES string of the molecule is Cc1ccc([C@H]2Cc3cc(C(=O)Nc4ccccc4Cl)ccc3C(=O)O2)cc1. The van der Waals surface area contributed by atoms with Crippen molar-refractivity contribution < 1.29 is 14.3 Å². The van der Waals surface area contributed by atoms with Gasteiger partial charge in [-0.05, 0) is 48.4 Å². The molecule has 5 heteroatoms. The van der Waals surface area contributed by atoms with E-state index in [4.69, 9.17) is 16.3 Å². The summed E-state index contributed by atoms with van der Waals surface area (Å²) in [7, 11) is 0. The van der Waals surface area contributed by atoms with Crippen LogP contribution in [0.1, 0.15) is 43.5 Å². The van der Waals surface area contributed by atoms with E-state index in [1.165, 1.54) is 0 Å². The zero-order valence-electron chi connectivity index (χ0n) is 15.2. The predicted molar refractivity (Wildman–Crippen MR) is 109 cm³/mol. The summed E-state index contributed by atoms with van der Waals surface area (Å²) < 4.78 is 5.59. The molecule has 0 aromatic heterocycles. The molecule has 140 valence electrons. The van der Waals surface area contributed by atoms with Gasteiger partial charge in [0.1, 0.15) is 6.10 Å². The second kappa shape index (κ2) is 7.49. The summed E-state index contributed by atoms with van der Waals surface area (Å²) in [6, 6.07) is 20.0. The van der Waals surface area contributed by atoms with Crippen molar-refractivity contribution in [3.05, 3.63) is 99.6 Å². The molecule has 1 N–H and O–H groups in total. The number of hydrogen-bond acceptors (Lipinski definition) is 3. The highest BCUT2D eigenvalue weighted by Crippen LogP contribution is 2.31. The Kier molecular flexibility index (Phi) is 4.88. The topological polar surface area (TPSA) is 55.4 Å². The smallest absolute Gasteiger partial charge is 0.339 e. The molecule has 0 bridgehead atoms. The van der Waals surface area contributed by atoms with Gasteiger partial charge in [0.2, 0.25) is 0 Å². The van der Waals surface area contributed by atoms with Crippen molar-refractivity contribution in [1.29, 1.82) is 0 Å². The van der Waals surface area contributed by atoms with Gasteiger partial charge in [0.15, 0.2) is 0 Å². The van der Waals surface area contributed by atoms with Crippen LogP contribution in [0.3, 0.4) is 0 Å². The van der Waals surface area contributed by atoms with Crippen LogP contribution in [0.15, 0.2) is 66.7 Å². The largest absolute Gasteiger partial charge is 0.454 e. The van der Waals surface area contributed by atoms with Crippen molar-refractivity contribution >= 4 is 29.2 Å². The maximum Gasteiger partial charge on any atom is 0.339 e. The molecule has 0 spiro atoms. The molecule has 1 heterocycles. The summed E-state index contributed by atoms with van der Waals surface area (Å²) >= 11 is 6.11. The average Bonchev–Trinajstić information content (AvgIpc) is 2.69. The molecular formula is C23H18ClNO3. The van der Waals surface area contributed by atoms with Crippen LogP contribution in [0, 0.1) is 6.92 Å². The normalized spacial score (nSPS) is 15.5. The van der Waals surface area contributed by atoms with Gasteiger partial charge >= 0.3 is 5.97 Å². The van der Waals surface area contributed by atoms with Crippen LogP contribution >= 0.6 is 11.6 Å². The number of hydrogen-bond donors (Lipinski definition) is 1. The Hall–Kier alpha value is -3.11. The van der Waals surface area contributed by atoms with E-state index < -0.39 is 0 Å². The molecule has 1 atom stereocenters. The minimum absolute atomic E-state index is 0.276. The highest BCUT2D eigenvalue weighted by Gasteiger charge is 2.28. The summed E-state index contributed by atoms with van der Waals surface area (Å²) in [5, 5.41) is 3.28. The Balaban J connectivity index is 1.60. The number of amides is 1. The molecule has 4 nitrogen and oxygen atoms in total. The summed E-state index contributed by atoms with van der Waals surface area (Å²) in [6.45, 7) is 2.01. The minimum atomic E-state index is -0.370. The van der Waals surface area contributed by atoms with Gasteiger partial charge in [-0.1, -0.05) is 53.6 Å². The Morgan fingerprint density at radius 3 is 2.57 bits per heavy atom. The van der Waals surface area contributed by atoms with Crippen molar-refractivity contribution in [2.45, 2.75) is 19.4 Å². The fourth-order valence-electron chi connectivity index (χ4n) is 3.26. The van der Waals surface area contributed by atoms with E-state index in [0.29, 0.717) is 28.3 Å². The van der Waals surface area contributed by atoms with E-state index in [1.54, 1.807) is 42.5 Å². The van der Waals surface area contributed by atoms with Gasteiger partial charge in [0.25, 0.3) is 5.91 Å². The molecule has 4 rings (SSSR count). The number of nitrogens with one attached hydrogen (secondary N) is 1. The van der Waals surface area contributed by atoms with Gasteiger partial charge in [-0.2, -0.15) is 0 Å². The van der Waals surface area contributed by atoms with Crippen molar-refractivity contribution in [2.24, 2.45) is 0 Å². The summed E-state index contributed by atoms with van der Waals surface area (Å²) in [5.41, 5.74) is 4.39. The number of cyclic esters (lactones) is 1. The number of ether oxygens (including phenoxy) is 1. The van der Waals surface area contributed by atoms with Gasteiger partial charge in [0, 0.05) is 12.0 Å². The lowest BCUT2D eigenvalue weighted by molar-refractivity contribution is 0.0252. The number of rotatable bonds is 3. The first-order valence-corrected chi connectivity index (χ1v) is 9.35. The van der Waals surface area contributed by atoms with Crippen LogP contribution in [0.4, 0.5) is 5.69 Å². The van der Waals surface area contributed by atoms with Crippen LogP contribution in [0.5, 0.6) is 0 Å². The van der Waals surface area contributed by atoms with Crippen LogP contribution in [0.25, 0.3) is 0 Å². The van der Waals surface area contributed by atoms with Crippen molar-refractivity contribution in [3.63, 3.8) is 0 Å². The molecule has 3 aromatic carbocycles. The van der Waals surface area contributed by atoms with E-state index in [0.717, 1.165) is 16.7 Å². The quantitative estimate of drug-likeness (QED) is 0.612. The number of aryl methyl sites for hydroxylation is 1. The van der Waals surface area contributed by atoms with Crippen molar-refractivity contribution in [2.75, 3.05) is 5.32 Å². The number of para-hydroxylation sites is 1. The molecule has 1 aliphatic heterocycles. The van der Waals surface area contributed by atoms with Gasteiger partial charge in [-0.15, -0.1) is 0 Å². The fourth-order valence-corrected chi connectivity index (χ4v) is 3.44. The van der Waals surface area contributed by atoms with E-state index in [2.05, 4.69) is 5.32 Å². The number of anilines is 1. The lowest BCUT2D eigenvalue weighted by atomic mass is 9.92. The lowest BCUT2D eigenvalue weighted by Gasteiger charge is -2.25. The number of esters is 1. The number of fused-ring (bicyclic) bond motifs is 1. The Labute approximate surface area is 168 Å². The van der Waals surface area contributed by atoms with Crippen molar-refractivity contribution in [1.82, 2.24) is 0 Å². The second-order valence-electron chi connectivity index (χ2n) is 6.81. The first-order valence-electron chi connectivity index (χ1n) is 8.97. The number of benzene rings is 3. The predicted octanol–water partition coefficient (Wildman–Crippen LogP) is 5.35. The minimum Gasteiger partial charge on any atom is -0.454 e. The van der Waals surface area contributed by atoms with Gasteiger partial charge in [-0.3, -0.25) is 4.79 Å². The maximum atomic E-state index is 12.6. The van der Waals surface area contributed by atoms with Crippen molar-refractivity contribution in [3.8, 4) is 0 Å². The molecule has 0 unspecified atom stereocenters. The maximum absolute atomic E-state index is 12.6. The Morgan fingerprint density at radius 1 is 1.07 bits per heavy atom.